The van der Waals surface area contributed by atoms with Gasteiger partial charge in [0.1, 0.15) is 0 Å². The summed E-state index contributed by atoms with van der Waals surface area (Å²) in [5.74, 6) is 0. The van der Waals surface area contributed by atoms with E-state index < -0.39 is 0 Å². The molecule has 0 amide bonds. The van der Waals surface area contributed by atoms with Crippen molar-refractivity contribution in [2.24, 2.45) is 0 Å². The van der Waals surface area contributed by atoms with Gasteiger partial charge >= 0.3 is 0 Å². The van der Waals surface area contributed by atoms with Crippen molar-refractivity contribution < 1.29 is 0 Å². The second-order valence-electron chi connectivity index (χ2n) is 6.35. The molecule has 0 radical (unpaired) electrons. The number of nitrogens with zero attached hydrogens (tertiary/aromatic N) is 2. The molecule has 0 spiro atoms. The molecule has 2 saturated heterocycles. The van der Waals surface area contributed by atoms with E-state index in [0.717, 1.165) is 12.6 Å². The molecule has 3 nitrogen and oxygen atoms in total. The van der Waals surface area contributed by atoms with Gasteiger partial charge in [-0.25, -0.2) is 0 Å². The minimum absolute atomic E-state index is 0.658. The smallest absolute Gasteiger partial charge is 0.0235 e. The molecule has 19 heavy (non-hydrogen) atoms. The highest BCUT2D eigenvalue weighted by Gasteiger charge is 2.32. The summed E-state index contributed by atoms with van der Waals surface area (Å²) >= 11 is 0. The molecule has 2 fully saturated rings. The van der Waals surface area contributed by atoms with Crippen LogP contribution in [0.5, 0.6) is 0 Å². The molecule has 3 unspecified atom stereocenters. The zero-order valence-electron chi connectivity index (χ0n) is 13.2. The first kappa shape index (κ1) is 15.3. The van der Waals surface area contributed by atoms with Crippen molar-refractivity contribution in [3.8, 4) is 0 Å². The number of likely N-dealkylation sites (N-methyl/N-ethyl adjacent to an activating group) is 1. The molecular formula is C16H33N3. The monoisotopic (exact) mass is 267 g/mol. The first-order valence-corrected chi connectivity index (χ1v) is 8.47. The van der Waals surface area contributed by atoms with Crippen LogP contribution in [0.4, 0.5) is 0 Å². The van der Waals surface area contributed by atoms with Crippen LogP contribution in [0.15, 0.2) is 0 Å². The van der Waals surface area contributed by atoms with E-state index in [1.165, 1.54) is 58.3 Å². The molecule has 2 heterocycles. The maximum absolute atomic E-state index is 3.65. The van der Waals surface area contributed by atoms with Gasteiger partial charge in [0.25, 0.3) is 0 Å². The zero-order valence-corrected chi connectivity index (χ0v) is 13.2. The molecular weight excluding hydrogens is 234 g/mol. The van der Waals surface area contributed by atoms with Gasteiger partial charge in [0.15, 0.2) is 0 Å². The molecule has 0 aromatic rings. The van der Waals surface area contributed by atoms with Gasteiger partial charge in [0, 0.05) is 31.2 Å². The first-order chi connectivity index (χ1) is 9.26. The van der Waals surface area contributed by atoms with Gasteiger partial charge in [0.2, 0.25) is 0 Å². The second kappa shape index (κ2) is 7.61. The lowest BCUT2D eigenvalue weighted by atomic mass is 10.1. The van der Waals surface area contributed by atoms with E-state index >= 15 is 0 Å². The van der Waals surface area contributed by atoms with E-state index in [9.17, 15) is 0 Å². The van der Waals surface area contributed by atoms with Crippen molar-refractivity contribution in [3.05, 3.63) is 0 Å². The number of rotatable bonds is 6. The number of likely N-dealkylation sites (tertiary alicyclic amines) is 2. The number of hydrogen-bond donors (Lipinski definition) is 1. The molecule has 2 rings (SSSR count). The Morgan fingerprint density at radius 2 is 1.84 bits per heavy atom. The summed E-state index contributed by atoms with van der Waals surface area (Å²) in [6, 6.07) is 2.17. The maximum Gasteiger partial charge on any atom is 0.0235 e. The highest BCUT2D eigenvalue weighted by molar-refractivity contribution is 4.90. The fourth-order valence-corrected chi connectivity index (χ4v) is 3.89. The molecule has 3 atom stereocenters. The van der Waals surface area contributed by atoms with Gasteiger partial charge in [-0.1, -0.05) is 20.3 Å². The molecule has 3 heteroatoms. The average molecular weight is 267 g/mol. The van der Waals surface area contributed by atoms with Crippen LogP contribution in [0.3, 0.4) is 0 Å². The Balaban J connectivity index is 1.82. The van der Waals surface area contributed by atoms with Crippen LogP contribution in [0.1, 0.15) is 52.9 Å². The third-order valence-corrected chi connectivity index (χ3v) is 5.17. The molecule has 112 valence electrons. The van der Waals surface area contributed by atoms with Crippen LogP contribution in [-0.4, -0.2) is 60.6 Å². The summed E-state index contributed by atoms with van der Waals surface area (Å²) < 4.78 is 0. The van der Waals surface area contributed by atoms with Crippen LogP contribution < -0.4 is 5.32 Å². The fraction of sp³-hybridized carbons (Fsp3) is 1.00. The fourth-order valence-electron chi connectivity index (χ4n) is 3.89. The van der Waals surface area contributed by atoms with Crippen molar-refractivity contribution in [1.82, 2.24) is 15.1 Å². The Bertz CT molecular complexity index is 250. The standard InChI is InChI=1S/C16H33N3/c1-4-16(17-5-2)14(3)19-12-9-15(13-19)18-10-7-6-8-11-18/h14-17H,4-13H2,1-3H3. The summed E-state index contributed by atoms with van der Waals surface area (Å²) in [6.07, 6.45) is 6.90. The lowest BCUT2D eigenvalue weighted by Gasteiger charge is -2.35. The Labute approximate surface area is 119 Å². The Hall–Kier alpha value is -0.120. The predicted molar refractivity (Wildman–Crippen MR) is 82.6 cm³/mol. The predicted octanol–water partition coefficient (Wildman–Crippen LogP) is 2.32. The summed E-state index contributed by atoms with van der Waals surface area (Å²) in [5.41, 5.74) is 0. The van der Waals surface area contributed by atoms with Crippen molar-refractivity contribution in [1.29, 1.82) is 0 Å². The Kier molecular flexibility index (Phi) is 6.11. The molecule has 0 bridgehead atoms. The lowest BCUT2D eigenvalue weighted by Crippen LogP contribution is -2.49. The van der Waals surface area contributed by atoms with E-state index in [1.54, 1.807) is 0 Å². The normalized spacial score (nSPS) is 29.5. The largest absolute Gasteiger partial charge is 0.313 e. The highest BCUT2D eigenvalue weighted by Crippen LogP contribution is 2.22. The van der Waals surface area contributed by atoms with Crippen LogP contribution in [0.25, 0.3) is 0 Å². The number of piperidine rings is 1. The zero-order chi connectivity index (χ0) is 13.7. The van der Waals surface area contributed by atoms with E-state index in [4.69, 9.17) is 0 Å². The maximum atomic E-state index is 3.65. The molecule has 0 saturated carbocycles. The molecule has 2 aliphatic rings. The second-order valence-corrected chi connectivity index (χ2v) is 6.35. The summed E-state index contributed by atoms with van der Waals surface area (Å²) in [7, 11) is 0. The van der Waals surface area contributed by atoms with E-state index in [-0.39, 0.29) is 0 Å². The lowest BCUT2D eigenvalue weighted by molar-refractivity contribution is 0.144. The summed E-state index contributed by atoms with van der Waals surface area (Å²) in [5, 5.41) is 3.65. The highest BCUT2D eigenvalue weighted by atomic mass is 15.3. The van der Waals surface area contributed by atoms with Gasteiger partial charge in [-0.2, -0.15) is 0 Å². The third-order valence-electron chi connectivity index (χ3n) is 5.17. The average Bonchev–Trinajstić information content (AvgIpc) is 2.95. The van der Waals surface area contributed by atoms with Crippen LogP contribution in [0, 0.1) is 0 Å². The van der Waals surface area contributed by atoms with Crippen LogP contribution in [0.2, 0.25) is 0 Å². The van der Waals surface area contributed by atoms with Crippen molar-refractivity contribution in [3.63, 3.8) is 0 Å². The van der Waals surface area contributed by atoms with Gasteiger partial charge < -0.3 is 5.32 Å². The van der Waals surface area contributed by atoms with Crippen molar-refractivity contribution in [2.45, 2.75) is 71.0 Å². The summed E-state index contributed by atoms with van der Waals surface area (Å²) in [4.78, 5) is 5.47. The molecule has 0 aromatic carbocycles. The third kappa shape index (κ3) is 3.93. The summed E-state index contributed by atoms with van der Waals surface area (Å²) in [6.45, 7) is 13.3. The van der Waals surface area contributed by atoms with Crippen LogP contribution in [-0.2, 0) is 0 Å². The van der Waals surface area contributed by atoms with Crippen molar-refractivity contribution in [2.75, 3.05) is 32.7 Å². The molecule has 0 aromatic heterocycles. The quantitative estimate of drug-likeness (QED) is 0.797. The van der Waals surface area contributed by atoms with Gasteiger partial charge in [-0.15, -0.1) is 0 Å². The number of hydrogen-bond acceptors (Lipinski definition) is 3. The molecule has 1 N–H and O–H groups in total. The van der Waals surface area contributed by atoms with E-state index in [2.05, 4.69) is 35.9 Å². The van der Waals surface area contributed by atoms with Gasteiger partial charge in [-0.3, -0.25) is 9.80 Å². The molecule has 2 aliphatic heterocycles. The minimum Gasteiger partial charge on any atom is -0.313 e. The number of nitrogens with one attached hydrogen (secondary N) is 1. The van der Waals surface area contributed by atoms with Crippen LogP contribution >= 0.6 is 0 Å². The molecule has 0 aliphatic carbocycles. The SMILES string of the molecule is CCNC(CC)C(C)N1CCC(N2CCCCC2)C1. The van der Waals surface area contributed by atoms with Gasteiger partial charge in [-0.05, 0) is 52.2 Å². The van der Waals surface area contributed by atoms with Crippen molar-refractivity contribution >= 4 is 0 Å². The Morgan fingerprint density at radius 1 is 1.11 bits per heavy atom. The Morgan fingerprint density at radius 3 is 2.47 bits per heavy atom. The topological polar surface area (TPSA) is 18.5 Å². The van der Waals surface area contributed by atoms with Gasteiger partial charge in [0.05, 0.1) is 0 Å². The van der Waals surface area contributed by atoms with E-state index in [1.807, 2.05) is 0 Å². The van der Waals surface area contributed by atoms with E-state index in [0.29, 0.717) is 12.1 Å². The first-order valence-electron chi connectivity index (χ1n) is 8.47. The minimum atomic E-state index is 0.658.